The van der Waals surface area contributed by atoms with E-state index in [0.29, 0.717) is 49.1 Å². The molecule has 380 valence electrons. The SMILES string of the molecule is COCCCN(c1nc(NCCCNCCCNc2nc(NC3CCCCC3)nc(N(CCCOC)C3CC(C)(C)NC(C)(C)C3)n2)nc(NC2CCCCC2)n1)C1CC(C)(C)NC(C)(C)C1. The molecule has 2 saturated heterocycles. The normalized spacial score (nSPS) is 21.2. The molecule has 0 bridgehead atoms. The Morgan fingerprint density at radius 1 is 0.478 bits per heavy atom. The summed E-state index contributed by atoms with van der Waals surface area (Å²) >= 11 is 0. The van der Waals surface area contributed by atoms with Crippen molar-refractivity contribution in [3.63, 3.8) is 0 Å². The summed E-state index contributed by atoms with van der Waals surface area (Å²) in [5, 5.41) is 26.0. The number of hydrogen-bond acceptors (Lipinski definition) is 17. The summed E-state index contributed by atoms with van der Waals surface area (Å²) < 4.78 is 11.0. The lowest BCUT2D eigenvalue weighted by Crippen LogP contribution is -2.62. The number of piperidine rings is 2. The number of methoxy groups -OCH3 is 2. The van der Waals surface area contributed by atoms with Crippen molar-refractivity contribution in [1.82, 2.24) is 45.9 Å². The largest absolute Gasteiger partial charge is 0.385 e. The number of nitrogens with one attached hydrogen (secondary N) is 7. The first-order chi connectivity index (χ1) is 32.0. The minimum Gasteiger partial charge on any atom is -0.385 e. The maximum absolute atomic E-state index is 5.51. The Hall–Kier alpha value is -3.38. The Kier molecular flexibility index (Phi) is 19.7. The molecule has 0 radical (unpaired) electrons. The molecule has 0 amide bonds. The van der Waals surface area contributed by atoms with Crippen LogP contribution in [0.25, 0.3) is 0 Å². The second-order valence-corrected chi connectivity index (χ2v) is 22.8. The van der Waals surface area contributed by atoms with Crippen molar-refractivity contribution in [1.29, 1.82) is 0 Å². The van der Waals surface area contributed by atoms with Crippen LogP contribution in [0, 0.1) is 0 Å². The lowest BCUT2D eigenvalue weighted by atomic mass is 9.79. The molecule has 2 aliphatic carbocycles. The van der Waals surface area contributed by atoms with Gasteiger partial charge in [0.25, 0.3) is 0 Å². The van der Waals surface area contributed by atoms with E-state index in [0.717, 1.165) is 128 Å². The Bertz CT molecular complexity index is 1610. The van der Waals surface area contributed by atoms with Crippen LogP contribution in [0.4, 0.5) is 35.7 Å². The third-order valence-corrected chi connectivity index (χ3v) is 14.0. The van der Waals surface area contributed by atoms with Crippen molar-refractivity contribution in [2.24, 2.45) is 0 Å². The van der Waals surface area contributed by atoms with Crippen molar-refractivity contribution in [3.8, 4) is 0 Å². The van der Waals surface area contributed by atoms with Crippen LogP contribution >= 0.6 is 0 Å². The van der Waals surface area contributed by atoms with Gasteiger partial charge in [-0.1, -0.05) is 38.5 Å². The molecule has 0 spiro atoms. The molecule has 17 heteroatoms. The van der Waals surface area contributed by atoms with Crippen LogP contribution in [0.3, 0.4) is 0 Å². The molecule has 2 saturated carbocycles. The molecule has 67 heavy (non-hydrogen) atoms. The molecule has 4 heterocycles. The molecule has 4 aliphatic rings. The molecular formula is C50H93N15O2. The Labute approximate surface area is 404 Å². The van der Waals surface area contributed by atoms with Crippen molar-refractivity contribution in [3.05, 3.63) is 0 Å². The summed E-state index contributed by atoms with van der Waals surface area (Å²) in [6.45, 7) is 24.8. The van der Waals surface area contributed by atoms with Crippen molar-refractivity contribution in [2.45, 2.75) is 217 Å². The summed E-state index contributed by atoms with van der Waals surface area (Å²) in [5.74, 6) is 4.11. The van der Waals surface area contributed by atoms with Gasteiger partial charge in [-0.15, -0.1) is 0 Å². The first-order valence-electron chi connectivity index (χ1n) is 26.3. The van der Waals surface area contributed by atoms with Gasteiger partial charge in [0.05, 0.1) is 0 Å². The summed E-state index contributed by atoms with van der Waals surface area (Å²) in [5.41, 5.74) is -0.0322. The highest BCUT2D eigenvalue weighted by Gasteiger charge is 2.42. The summed E-state index contributed by atoms with van der Waals surface area (Å²) in [6.07, 6.45) is 19.9. The molecule has 6 rings (SSSR count). The highest BCUT2D eigenvalue weighted by molar-refractivity contribution is 5.47. The number of nitrogens with zero attached hydrogens (tertiary/aromatic N) is 8. The second-order valence-electron chi connectivity index (χ2n) is 22.8. The zero-order chi connectivity index (χ0) is 47.9. The van der Waals surface area contributed by atoms with Gasteiger partial charge in [0.2, 0.25) is 35.7 Å². The Morgan fingerprint density at radius 3 is 1.19 bits per heavy atom. The fourth-order valence-corrected chi connectivity index (χ4v) is 11.7. The van der Waals surface area contributed by atoms with Gasteiger partial charge in [0.15, 0.2) is 0 Å². The van der Waals surface area contributed by atoms with Gasteiger partial charge < -0.3 is 56.5 Å². The molecule has 2 aromatic rings. The van der Waals surface area contributed by atoms with Crippen molar-refractivity contribution >= 4 is 35.7 Å². The van der Waals surface area contributed by atoms with Gasteiger partial charge in [-0.2, -0.15) is 29.9 Å². The second kappa shape index (κ2) is 25.0. The zero-order valence-electron chi connectivity index (χ0n) is 43.6. The van der Waals surface area contributed by atoms with E-state index in [9.17, 15) is 0 Å². The van der Waals surface area contributed by atoms with Crippen molar-refractivity contribution in [2.75, 3.05) is 97.8 Å². The number of anilines is 6. The van der Waals surface area contributed by atoms with E-state index < -0.39 is 0 Å². The summed E-state index contributed by atoms with van der Waals surface area (Å²) in [6, 6.07) is 1.35. The molecule has 7 N–H and O–H groups in total. The van der Waals surface area contributed by atoms with Gasteiger partial charge in [0.1, 0.15) is 0 Å². The fourth-order valence-electron chi connectivity index (χ4n) is 11.7. The highest BCUT2D eigenvalue weighted by Crippen LogP contribution is 2.36. The van der Waals surface area contributed by atoms with E-state index >= 15 is 0 Å². The maximum atomic E-state index is 5.51. The molecule has 0 aromatic carbocycles. The predicted octanol–water partition coefficient (Wildman–Crippen LogP) is 7.74. The molecule has 0 unspecified atom stereocenters. The number of hydrogen-bond donors (Lipinski definition) is 7. The Morgan fingerprint density at radius 2 is 0.836 bits per heavy atom. The molecular weight excluding hydrogens is 843 g/mol. The minimum atomic E-state index is -0.00804. The fraction of sp³-hybridized carbons (Fsp3) is 0.880. The highest BCUT2D eigenvalue weighted by atomic mass is 16.5. The molecule has 17 nitrogen and oxygen atoms in total. The third kappa shape index (κ3) is 17.5. The molecule has 0 atom stereocenters. The van der Waals surface area contributed by atoms with E-state index in [4.69, 9.17) is 39.4 Å². The third-order valence-electron chi connectivity index (χ3n) is 14.0. The summed E-state index contributed by atoms with van der Waals surface area (Å²) in [4.78, 5) is 35.2. The Balaban J connectivity index is 1.06. The lowest BCUT2D eigenvalue weighted by Gasteiger charge is -2.49. The number of ether oxygens (including phenoxy) is 2. The summed E-state index contributed by atoms with van der Waals surface area (Å²) in [7, 11) is 3.55. The van der Waals surface area contributed by atoms with Crippen LogP contribution in [0.5, 0.6) is 0 Å². The van der Waals surface area contributed by atoms with Crippen LogP contribution in [0.1, 0.15) is 171 Å². The average Bonchev–Trinajstić information content (AvgIpc) is 3.24. The van der Waals surface area contributed by atoms with Gasteiger partial charge in [-0.05, 0) is 146 Å². The quantitative estimate of drug-likeness (QED) is 0.0454. The van der Waals surface area contributed by atoms with Crippen molar-refractivity contribution < 1.29 is 9.47 Å². The zero-order valence-corrected chi connectivity index (χ0v) is 43.6. The smallest absolute Gasteiger partial charge is 0.232 e. The lowest BCUT2D eigenvalue weighted by molar-refractivity contribution is 0.154. The predicted molar refractivity (Wildman–Crippen MR) is 276 cm³/mol. The van der Waals surface area contributed by atoms with Gasteiger partial charge in [0, 0.05) is 99.9 Å². The number of rotatable bonds is 26. The molecule has 2 aromatic heterocycles. The standard InChI is InChI=1S/C50H93N15O2/c1-47(2)33-39(34-48(3,4)62-47)64(29-19-31-66-9)45-58-41(56-43(60-45)54-37-21-13-11-14-22-37)52-27-17-25-51-26-18-28-53-42-57-44(55-38-23-15-12-16-24-38)61-46(59-42)65(30-20-32-67-10)40-35-49(5,6)63-50(7,8)36-40/h37-40,51,62-63H,11-36H2,1-10H3,(H2,52,54,56,58,60)(H2,53,55,57,59,61). The molecule has 4 fully saturated rings. The van der Waals surface area contributed by atoms with E-state index in [2.05, 4.69) is 102 Å². The first kappa shape index (κ1) is 53.0. The van der Waals surface area contributed by atoms with E-state index in [1.54, 1.807) is 14.2 Å². The monoisotopic (exact) mass is 936 g/mol. The van der Waals surface area contributed by atoms with E-state index in [1.165, 1.54) is 38.5 Å². The van der Waals surface area contributed by atoms with Crippen LogP contribution in [-0.4, -0.2) is 143 Å². The van der Waals surface area contributed by atoms with Crippen LogP contribution < -0.4 is 47.0 Å². The van der Waals surface area contributed by atoms with Crippen LogP contribution in [0.15, 0.2) is 0 Å². The number of aromatic nitrogens is 6. The van der Waals surface area contributed by atoms with Crippen LogP contribution in [-0.2, 0) is 9.47 Å². The average molecular weight is 936 g/mol. The maximum Gasteiger partial charge on any atom is 0.232 e. The van der Waals surface area contributed by atoms with Gasteiger partial charge in [-0.25, -0.2) is 0 Å². The molecule has 2 aliphatic heterocycles. The van der Waals surface area contributed by atoms with Crippen LogP contribution in [0.2, 0.25) is 0 Å². The topological polar surface area (TPSA) is 186 Å². The van der Waals surface area contributed by atoms with Gasteiger partial charge in [-0.3, -0.25) is 0 Å². The van der Waals surface area contributed by atoms with E-state index in [-0.39, 0.29) is 34.2 Å². The van der Waals surface area contributed by atoms with Gasteiger partial charge >= 0.3 is 0 Å². The minimum absolute atomic E-state index is 0.00804. The van der Waals surface area contributed by atoms with E-state index in [1.807, 2.05) is 0 Å². The first-order valence-corrected chi connectivity index (χ1v) is 26.3.